The molecule has 1 atom stereocenters. The van der Waals surface area contributed by atoms with Crippen molar-refractivity contribution in [1.29, 1.82) is 0 Å². The molecular formula is C15H19ClN2OS. The van der Waals surface area contributed by atoms with Gasteiger partial charge in [0.25, 0.3) is 5.91 Å². The van der Waals surface area contributed by atoms with Crippen molar-refractivity contribution in [2.24, 2.45) is 5.41 Å². The van der Waals surface area contributed by atoms with Crippen molar-refractivity contribution >= 4 is 44.6 Å². The highest BCUT2D eigenvalue weighted by Crippen LogP contribution is 2.35. The maximum atomic E-state index is 12.4. The molecule has 0 radical (unpaired) electrons. The number of nitrogens with one attached hydrogen (secondary N) is 1. The van der Waals surface area contributed by atoms with Crippen molar-refractivity contribution in [2.45, 2.75) is 33.7 Å². The van der Waals surface area contributed by atoms with Crippen LogP contribution in [0.1, 0.15) is 37.4 Å². The summed E-state index contributed by atoms with van der Waals surface area (Å²) in [6.07, 6.45) is 0. The molecule has 2 aromatic rings. The number of carbonyl (C=O) groups is 1. The van der Waals surface area contributed by atoms with E-state index in [0.717, 1.165) is 10.1 Å². The molecule has 0 aliphatic heterocycles. The summed E-state index contributed by atoms with van der Waals surface area (Å²) < 4.78 is 0.973. The van der Waals surface area contributed by atoms with Gasteiger partial charge in [0.05, 0.1) is 5.69 Å². The first-order chi connectivity index (χ1) is 9.20. The molecule has 20 heavy (non-hydrogen) atoms. The van der Waals surface area contributed by atoms with E-state index in [1.54, 1.807) is 12.1 Å². The third-order valence-corrected chi connectivity index (χ3v) is 4.96. The second-order valence-electron chi connectivity index (χ2n) is 6.05. The Morgan fingerprint density at radius 2 is 2.05 bits per heavy atom. The maximum Gasteiger partial charge on any atom is 0.263 e. The Bertz CT molecular complexity index is 658. The van der Waals surface area contributed by atoms with Crippen LogP contribution in [-0.2, 0) is 0 Å². The van der Waals surface area contributed by atoms with Gasteiger partial charge in [-0.05, 0) is 30.5 Å². The minimum absolute atomic E-state index is 0.00438. The van der Waals surface area contributed by atoms with Crippen molar-refractivity contribution in [2.75, 3.05) is 5.73 Å². The number of nitrogen functional groups attached to an aromatic ring is 1. The molecule has 1 aromatic carbocycles. The Labute approximate surface area is 128 Å². The highest BCUT2D eigenvalue weighted by molar-refractivity contribution is 7.21. The normalized spacial score (nSPS) is 13.4. The highest BCUT2D eigenvalue weighted by Gasteiger charge is 2.24. The lowest BCUT2D eigenvalue weighted by molar-refractivity contribution is 0.0915. The van der Waals surface area contributed by atoms with Crippen LogP contribution in [0.2, 0.25) is 5.02 Å². The monoisotopic (exact) mass is 310 g/mol. The topological polar surface area (TPSA) is 55.1 Å². The molecule has 1 heterocycles. The van der Waals surface area contributed by atoms with Crippen LogP contribution in [0, 0.1) is 5.41 Å². The fourth-order valence-electron chi connectivity index (χ4n) is 1.74. The van der Waals surface area contributed by atoms with Crippen molar-refractivity contribution in [3.8, 4) is 0 Å². The summed E-state index contributed by atoms with van der Waals surface area (Å²) in [6, 6.07) is 5.55. The first-order valence-corrected chi connectivity index (χ1v) is 7.68. The molecule has 3 N–H and O–H groups in total. The van der Waals surface area contributed by atoms with Crippen LogP contribution in [0.4, 0.5) is 5.69 Å². The van der Waals surface area contributed by atoms with E-state index in [-0.39, 0.29) is 17.4 Å². The van der Waals surface area contributed by atoms with E-state index in [1.165, 1.54) is 11.3 Å². The SMILES string of the molecule is CC(NC(=O)c1sc2ccc(Cl)cc2c1N)C(C)(C)C. The molecule has 1 amide bonds. The quantitative estimate of drug-likeness (QED) is 0.868. The average molecular weight is 311 g/mol. The smallest absolute Gasteiger partial charge is 0.263 e. The first kappa shape index (κ1) is 15.1. The summed E-state index contributed by atoms with van der Waals surface area (Å²) in [4.78, 5) is 12.9. The Morgan fingerprint density at radius 1 is 1.40 bits per heavy atom. The van der Waals surface area contributed by atoms with Gasteiger partial charge in [-0.2, -0.15) is 0 Å². The average Bonchev–Trinajstić information content (AvgIpc) is 2.65. The van der Waals surface area contributed by atoms with E-state index < -0.39 is 0 Å². The van der Waals surface area contributed by atoms with Crippen LogP contribution in [0.25, 0.3) is 10.1 Å². The van der Waals surface area contributed by atoms with E-state index in [1.807, 2.05) is 13.0 Å². The number of anilines is 1. The van der Waals surface area contributed by atoms with Crippen molar-refractivity contribution in [3.63, 3.8) is 0 Å². The number of hydrogen-bond acceptors (Lipinski definition) is 3. The standard InChI is InChI=1S/C15H19ClN2OS/c1-8(15(2,3)4)18-14(19)13-12(17)10-7-9(16)5-6-11(10)20-13/h5-8H,17H2,1-4H3,(H,18,19). The fourth-order valence-corrected chi connectivity index (χ4v) is 2.91. The molecule has 1 unspecified atom stereocenters. The minimum Gasteiger partial charge on any atom is -0.397 e. The molecule has 0 fully saturated rings. The van der Waals surface area contributed by atoms with Crippen LogP contribution in [-0.4, -0.2) is 11.9 Å². The van der Waals surface area contributed by atoms with Crippen LogP contribution in [0.15, 0.2) is 18.2 Å². The number of hydrogen-bond donors (Lipinski definition) is 2. The molecule has 1 aromatic heterocycles. The van der Waals surface area contributed by atoms with Gasteiger partial charge in [-0.1, -0.05) is 32.4 Å². The number of thiophene rings is 1. The van der Waals surface area contributed by atoms with Crippen LogP contribution >= 0.6 is 22.9 Å². The van der Waals surface area contributed by atoms with Crippen molar-refractivity contribution in [1.82, 2.24) is 5.32 Å². The second-order valence-corrected chi connectivity index (χ2v) is 7.54. The van der Waals surface area contributed by atoms with Gasteiger partial charge in [0.1, 0.15) is 4.88 Å². The lowest BCUT2D eigenvalue weighted by atomic mass is 9.88. The second kappa shape index (κ2) is 5.26. The van der Waals surface area contributed by atoms with Crippen molar-refractivity contribution in [3.05, 3.63) is 28.1 Å². The summed E-state index contributed by atoms with van der Waals surface area (Å²) >= 11 is 7.37. The third kappa shape index (κ3) is 2.91. The Kier molecular flexibility index (Phi) is 3.98. The largest absolute Gasteiger partial charge is 0.397 e. The molecule has 0 spiro atoms. The van der Waals surface area contributed by atoms with Crippen LogP contribution in [0.5, 0.6) is 0 Å². The Hall–Kier alpha value is -1.26. The number of nitrogens with two attached hydrogens (primary N) is 1. The molecule has 0 saturated heterocycles. The van der Waals surface area contributed by atoms with Gasteiger partial charge >= 0.3 is 0 Å². The first-order valence-electron chi connectivity index (χ1n) is 6.48. The summed E-state index contributed by atoms with van der Waals surface area (Å²) in [5, 5.41) is 4.48. The molecule has 0 bridgehead atoms. The molecule has 0 saturated carbocycles. The van der Waals surface area contributed by atoms with Gasteiger partial charge in [-0.15, -0.1) is 11.3 Å². The lowest BCUT2D eigenvalue weighted by Crippen LogP contribution is -2.41. The number of fused-ring (bicyclic) bond motifs is 1. The number of benzene rings is 1. The number of rotatable bonds is 2. The van der Waals surface area contributed by atoms with Gasteiger partial charge in [0.2, 0.25) is 0 Å². The minimum atomic E-state index is -0.123. The predicted octanol–water partition coefficient (Wildman–Crippen LogP) is 4.30. The molecule has 0 aliphatic rings. The molecule has 2 rings (SSSR count). The Balaban J connectivity index is 2.34. The molecule has 0 aliphatic carbocycles. The van der Waals surface area contributed by atoms with Gasteiger partial charge in [0, 0.05) is 21.2 Å². The van der Waals surface area contributed by atoms with Crippen molar-refractivity contribution < 1.29 is 4.79 Å². The number of amides is 1. The fraction of sp³-hybridized carbons (Fsp3) is 0.400. The number of halogens is 1. The van der Waals surface area contributed by atoms with E-state index >= 15 is 0 Å². The van der Waals surface area contributed by atoms with E-state index in [2.05, 4.69) is 26.1 Å². The predicted molar refractivity (Wildman–Crippen MR) is 87.6 cm³/mol. The van der Waals surface area contributed by atoms with Gasteiger partial charge in [0.15, 0.2) is 0 Å². The zero-order valence-electron chi connectivity index (χ0n) is 12.1. The molecule has 5 heteroatoms. The van der Waals surface area contributed by atoms with E-state index in [9.17, 15) is 4.79 Å². The zero-order valence-corrected chi connectivity index (χ0v) is 13.7. The highest BCUT2D eigenvalue weighted by atomic mass is 35.5. The zero-order chi connectivity index (χ0) is 15.1. The van der Waals surface area contributed by atoms with Gasteiger partial charge in [-0.25, -0.2) is 0 Å². The summed E-state index contributed by atoms with van der Waals surface area (Å²) in [7, 11) is 0. The lowest BCUT2D eigenvalue weighted by Gasteiger charge is -2.27. The molecule has 108 valence electrons. The molecule has 3 nitrogen and oxygen atoms in total. The maximum absolute atomic E-state index is 12.4. The van der Waals surface area contributed by atoms with Gasteiger partial charge < -0.3 is 11.1 Å². The summed E-state index contributed by atoms with van der Waals surface area (Å²) in [5.41, 5.74) is 6.59. The van der Waals surface area contributed by atoms with E-state index in [0.29, 0.717) is 15.6 Å². The van der Waals surface area contributed by atoms with Gasteiger partial charge in [-0.3, -0.25) is 4.79 Å². The summed E-state index contributed by atoms with van der Waals surface area (Å²) in [5.74, 6) is -0.123. The van der Waals surface area contributed by atoms with E-state index in [4.69, 9.17) is 17.3 Å². The number of carbonyl (C=O) groups excluding carboxylic acids is 1. The third-order valence-electron chi connectivity index (χ3n) is 3.54. The molecular weight excluding hydrogens is 292 g/mol. The summed E-state index contributed by atoms with van der Waals surface area (Å²) in [6.45, 7) is 8.27. The van der Waals surface area contributed by atoms with Crippen LogP contribution in [0.3, 0.4) is 0 Å². The Morgan fingerprint density at radius 3 is 2.65 bits per heavy atom. The van der Waals surface area contributed by atoms with Crippen LogP contribution < -0.4 is 11.1 Å².